The second-order valence-corrected chi connectivity index (χ2v) is 0.878. The van der Waals surface area contributed by atoms with Gasteiger partial charge in [0.1, 0.15) is 0 Å². The van der Waals surface area contributed by atoms with Crippen molar-refractivity contribution in [3.63, 3.8) is 0 Å². The molecule has 0 aliphatic carbocycles. The summed E-state index contributed by atoms with van der Waals surface area (Å²) in [6.07, 6.45) is 4.38. The molecule has 0 aliphatic rings. The molecule has 0 bridgehead atoms. The van der Waals surface area contributed by atoms with Crippen molar-refractivity contribution in [3.05, 3.63) is 38.3 Å². The maximum Gasteiger partial charge on any atom is 0.0829 e. The van der Waals surface area contributed by atoms with Crippen molar-refractivity contribution >= 4 is 0 Å². The average molecular weight is 132 g/mol. The highest BCUT2D eigenvalue weighted by molar-refractivity contribution is 4.57. The molecule has 0 aromatic heterocycles. The zero-order chi connectivity index (χ0) is 6.83. The highest BCUT2D eigenvalue weighted by atomic mass is 19.0. The zero-order valence-electron chi connectivity index (χ0n) is 5.67. The highest BCUT2D eigenvalue weighted by Gasteiger charge is 1.45. The first-order chi connectivity index (χ1) is 3.83. The maximum absolute atomic E-state index is 4.36. The van der Waals surface area contributed by atoms with E-state index >= 15 is 0 Å². The summed E-state index contributed by atoms with van der Waals surface area (Å²) in [5.74, 6) is 0. The Labute approximate surface area is 55.7 Å². The van der Waals surface area contributed by atoms with E-state index in [0.29, 0.717) is 0 Å². The Bertz CT molecular complexity index is 63.3. The van der Waals surface area contributed by atoms with Crippen LogP contribution in [-0.4, -0.2) is 0 Å². The summed E-state index contributed by atoms with van der Waals surface area (Å²) >= 11 is 0. The number of ether oxygens (including phenoxy) is 1. The Balaban J connectivity index is -0.0000000800. The molecule has 0 saturated heterocycles. The SMILES string of the molecule is C=CC.C=COC=C.F. The van der Waals surface area contributed by atoms with Crippen LogP contribution in [0.3, 0.4) is 0 Å². The van der Waals surface area contributed by atoms with Crippen molar-refractivity contribution in [3.8, 4) is 0 Å². The fraction of sp³-hybridized carbons (Fsp3) is 0.143. The summed E-state index contributed by atoms with van der Waals surface area (Å²) < 4.78 is 4.36. The third-order valence-electron chi connectivity index (χ3n) is 0.192. The van der Waals surface area contributed by atoms with Gasteiger partial charge in [-0.05, 0) is 6.92 Å². The number of hydrogen-bond acceptors (Lipinski definition) is 1. The maximum atomic E-state index is 4.36. The van der Waals surface area contributed by atoms with Crippen LogP contribution in [0.1, 0.15) is 6.92 Å². The van der Waals surface area contributed by atoms with Gasteiger partial charge in [0, 0.05) is 0 Å². The van der Waals surface area contributed by atoms with Crippen molar-refractivity contribution in [2.75, 3.05) is 0 Å². The monoisotopic (exact) mass is 132 g/mol. The molecule has 0 amide bonds. The summed E-state index contributed by atoms with van der Waals surface area (Å²) in [6.45, 7) is 11.8. The fourth-order valence-electron chi connectivity index (χ4n) is 0.0680. The minimum absolute atomic E-state index is 0. The number of allylic oxidation sites excluding steroid dienone is 1. The van der Waals surface area contributed by atoms with Crippen LogP contribution in [0.25, 0.3) is 0 Å². The third kappa shape index (κ3) is 189. The minimum Gasteiger partial charge on any atom is -0.474 e. The van der Waals surface area contributed by atoms with Crippen LogP contribution in [0, 0.1) is 0 Å². The number of rotatable bonds is 2. The molecule has 0 unspecified atom stereocenters. The summed E-state index contributed by atoms with van der Waals surface area (Å²) in [5, 5.41) is 0. The zero-order valence-corrected chi connectivity index (χ0v) is 5.67. The first-order valence-electron chi connectivity index (χ1n) is 2.27. The van der Waals surface area contributed by atoms with Crippen molar-refractivity contribution in [2.24, 2.45) is 0 Å². The second-order valence-electron chi connectivity index (χ2n) is 0.878. The number of halogens is 1. The molecule has 0 aromatic carbocycles. The van der Waals surface area contributed by atoms with Crippen LogP contribution in [-0.2, 0) is 4.74 Å². The van der Waals surface area contributed by atoms with Crippen molar-refractivity contribution in [1.29, 1.82) is 0 Å². The predicted molar refractivity (Wildman–Crippen MR) is 39.9 cm³/mol. The van der Waals surface area contributed by atoms with Crippen molar-refractivity contribution in [2.45, 2.75) is 6.92 Å². The fourth-order valence-corrected chi connectivity index (χ4v) is 0.0680. The quantitative estimate of drug-likeness (QED) is 0.414. The van der Waals surface area contributed by atoms with Crippen LogP contribution in [0.15, 0.2) is 38.3 Å². The molecule has 0 N–H and O–H groups in total. The van der Waals surface area contributed by atoms with Crippen LogP contribution in [0.2, 0.25) is 0 Å². The summed E-state index contributed by atoms with van der Waals surface area (Å²) in [5.41, 5.74) is 0. The van der Waals surface area contributed by atoms with E-state index in [1.165, 1.54) is 12.5 Å². The smallest absolute Gasteiger partial charge is 0.0829 e. The Hall–Kier alpha value is -1.05. The molecule has 0 saturated carbocycles. The van der Waals surface area contributed by atoms with E-state index in [9.17, 15) is 0 Å². The molecule has 0 rings (SSSR count). The first-order valence-corrected chi connectivity index (χ1v) is 2.27. The van der Waals surface area contributed by atoms with Gasteiger partial charge < -0.3 is 4.74 Å². The summed E-state index contributed by atoms with van der Waals surface area (Å²) in [6, 6.07) is 0. The van der Waals surface area contributed by atoms with E-state index < -0.39 is 0 Å². The standard InChI is InChI=1S/C4H6O.C3H6.FH/c1-3-5-4-2;1-3-2;/h3-4H,1-2H2;3H,1H2,2H3;1H. The summed E-state index contributed by atoms with van der Waals surface area (Å²) in [4.78, 5) is 0. The first kappa shape index (κ1) is 15.7. The second kappa shape index (κ2) is 28.3. The lowest BCUT2D eigenvalue weighted by molar-refractivity contribution is 0.406. The number of hydrogen-bond donors (Lipinski definition) is 0. The van der Waals surface area contributed by atoms with Gasteiger partial charge in [0.15, 0.2) is 0 Å². The molecule has 2 heteroatoms. The molecule has 0 atom stereocenters. The Morgan fingerprint density at radius 1 is 1.11 bits per heavy atom. The Kier molecular flexibility index (Phi) is 49.2. The van der Waals surface area contributed by atoms with Crippen molar-refractivity contribution in [1.82, 2.24) is 0 Å². The molecule has 0 aliphatic heterocycles. The van der Waals surface area contributed by atoms with Crippen LogP contribution in [0.5, 0.6) is 0 Å². The van der Waals surface area contributed by atoms with E-state index in [1.54, 1.807) is 6.08 Å². The molecular weight excluding hydrogens is 119 g/mol. The van der Waals surface area contributed by atoms with Crippen LogP contribution < -0.4 is 0 Å². The van der Waals surface area contributed by atoms with Crippen LogP contribution >= 0.6 is 0 Å². The highest BCUT2D eigenvalue weighted by Crippen LogP contribution is 1.65. The lowest BCUT2D eigenvalue weighted by Crippen LogP contribution is -1.52. The van der Waals surface area contributed by atoms with Gasteiger partial charge in [0.25, 0.3) is 0 Å². The van der Waals surface area contributed by atoms with E-state index in [4.69, 9.17) is 0 Å². The van der Waals surface area contributed by atoms with Gasteiger partial charge in [0.2, 0.25) is 0 Å². The van der Waals surface area contributed by atoms with Gasteiger partial charge in [-0.25, -0.2) is 0 Å². The van der Waals surface area contributed by atoms with Gasteiger partial charge in [-0.2, -0.15) is 0 Å². The predicted octanol–water partition coefficient (Wildman–Crippen LogP) is 2.63. The molecule has 54 valence electrons. The molecule has 0 heterocycles. The van der Waals surface area contributed by atoms with Gasteiger partial charge in [-0.3, -0.25) is 4.70 Å². The van der Waals surface area contributed by atoms with E-state index in [1.807, 2.05) is 6.92 Å². The van der Waals surface area contributed by atoms with Gasteiger partial charge in [-0.15, -0.1) is 6.58 Å². The van der Waals surface area contributed by atoms with E-state index in [0.717, 1.165) is 0 Å². The third-order valence-corrected chi connectivity index (χ3v) is 0.192. The molecule has 0 fully saturated rings. The molecular formula is C7H13FO. The molecule has 0 aromatic rings. The van der Waals surface area contributed by atoms with E-state index in [-0.39, 0.29) is 4.70 Å². The lowest BCUT2D eigenvalue weighted by Gasteiger charge is -1.76. The average Bonchev–Trinajstić information content (AvgIpc) is 1.71. The van der Waals surface area contributed by atoms with Gasteiger partial charge >= 0.3 is 0 Å². The normalized spacial score (nSPS) is 4.56. The van der Waals surface area contributed by atoms with Crippen LogP contribution in [0.4, 0.5) is 4.70 Å². The van der Waals surface area contributed by atoms with E-state index in [2.05, 4.69) is 24.5 Å². The molecule has 9 heavy (non-hydrogen) atoms. The van der Waals surface area contributed by atoms with Gasteiger partial charge in [-0.1, -0.05) is 19.2 Å². The molecule has 0 radical (unpaired) electrons. The Morgan fingerprint density at radius 3 is 1.33 bits per heavy atom. The van der Waals surface area contributed by atoms with Gasteiger partial charge in [0.05, 0.1) is 12.5 Å². The lowest BCUT2D eigenvalue weighted by atomic mass is 10.8. The minimum atomic E-state index is 0. The molecule has 0 spiro atoms. The molecule has 1 nitrogen and oxygen atoms in total. The Morgan fingerprint density at radius 2 is 1.33 bits per heavy atom. The topological polar surface area (TPSA) is 9.23 Å². The summed E-state index contributed by atoms with van der Waals surface area (Å²) in [7, 11) is 0. The van der Waals surface area contributed by atoms with Crippen molar-refractivity contribution < 1.29 is 9.44 Å². The largest absolute Gasteiger partial charge is 0.474 e.